The topological polar surface area (TPSA) is 115 Å². The maximum atomic E-state index is 10.8. The van der Waals surface area contributed by atoms with Crippen molar-refractivity contribution in [1.29, 1.82) is 0 Å². The standard InChI is InChI=1S/C11H11N3O3.C5H10O/c1-6-11(7(2)17-13-6)8-3-4-9(12)10(5-8)14(15)16;6-5-3-1-2-4-5/h3-5H,12H2,1-2H3;5-6H,1-4H2. The van der Waals surface area contributed by atoms with Crippen LogP contribution in [0.25, 0.3) is 11.1 Å². The molecule has 0 unspecified atom stereocenters. The number of nitrogen functional groups attached to an aromatic ring is 1. The van der Waals surface area contributed by atoms with E-state index >= 15 is 0 Å². The fourth-order valence-electron chi connectivity index (χ4n) is 2.66. The Labute approximate surface area is 134 Å². The summed E-state index contributed by atoms with van der Waals surface area (Å²) in [7, 11) is 0. The van der Waals surface area contributed by atoms with Crippen molar-refractivity contribution < 1.29 is 14.6 Å². The second-order valence-corrected chi connectivity index (χ2v) is 5.67. The summed E-state index contributed by atoms with van der Waals surface area (Å²) >= 11 is 0. The van der Waals surface area contributed by atoms with Crippen LogP contribution in [0.3, 0.4) is 0 Å². The summed E-state index contributed by atoms with van der Waals surface area (Å²) in [6.07, 6.45) is 4.60. The molecule has 1 fully saturated rings. The summed E-state index contributed by atoms with van der Waals surface area (Å²) in [5.41, 5.74) is 7.72. The van der Waals surface area contributed by atoms with Gasteiger partial charge in [0.1, 0.15) is 11.4 Å². The summed E-state index contributed by atoms with van der Waals surface area (Å²) in [6, 6.07) is 4.66. The van der Waals surface area contributed by atoms with E-state index in [4.69, 9.17) is 15.4 Å². The van der Waals surface area contributed by atoms with Crippen LogP contribution in [-0.2, 0) is 0 Å². The van der Waals surface area contributed by atoms with Gasteiger partial charge in [0, 0.05) is 11.6 Å². The summed E-state index contributed by atoms with van der Waals surface area (Å²) < 4.78 is 5.03. The molecule has 1 aromatic heterocycles. The van der Waals surface area contributed by atoms with Crippen molar-refractivity contribution in [3.63, 3.8) is 0 Å². The van der Waals surface area contributed by atoms with Crippen molar-refractivity contribution >= 4 is 11.4 Å². The Morgan fingerprint density at radius 2 is 2.00 bits per heavy atom. The smallest absolute Gasteiger partial charge is 0.292 e. The molecule has 124 valence electrons. The van der Waals surface area contributed by atoms with E-state index in [1.807, 2.05) is 0 Å². The molecule has 23 heavy (non-hydrogen) atoms. The summed E-state index contributed by atoms with van der Waals surface area (Å²) in [6.45, 7) is 3.55. The molecule has 3 N–H and O–H groups in total. The highest BCUT2D eigenvalue weighted by atomic mass is 16.6. The first kappa shape index (κ1) is 17.0. The minimum atomic E-state index is -0.503. The van der Waals surface area contributed by atoms with E-state index < -0.39 is 4.92 Å². The van der Waals surface area contributed by atoms with Gasteiger partial charge in [0.15, 0.2) is 0 Å². The van der Waals surface area contributed by atoms with Crippen molar-refractivity contribution in [3.8, 4) is 11.1 Å². The lowest BCUT2D eigenvalue weighted by molar-refractivity contribution is -0.383. The van der Waals surface area contributed by atoms with Gasteiger partial charge in [-0.1, -0.05) is 24.1 Å². The number of aliphatic hydroxyl groups is 1. The fourth-order valence-corrected chi connectivity index (χ4v) is 2.66. The zero-order chi connectivity index (χ0) is 17.0. The zero-order valence-corrected chi connectivity index (χ0v) is 13.3. The molecule has 1 aliphatic carbocycles. The summed E-state index contributed by atoms with van der Waals surface area (Å²) in [5.74, 6) is 0.626. The Morgan fingerprint density at radius 1 is 1.35 bits per heavy atom. The van der Waals surface area contributed by atoms with E-state index in [1.165, 1.54) is 25.0 Å². The molecule has 7 nitrogen and oxygen atoms in total. The van der Waals surface area contributed by atoms with Crippen LogP contribution in [-0.4, -0.2) is 21.3 Å². The van der Waals surface area contributed by atoms with E-state index in [2.05, 4.69) is 5.16 Å². The first-order valence-corrected chi connectivity index (χ1v) is 7.55. The van der Waals surface area contributed by atoms with Crippen LogP contribution in [0, 0.1) is 24.0 Å². The third-order valence-corrected chi connectivity index (χ3v) is 3.87. The van der Waals surface area contributed by atoms with Crippen molar-refractivity contribution in [2.75, 3.05) is 5.73 Å². The van der Waals surface area contributed by atoms with Gasteiger partial charge in [0.25, 0.3) is 5.69 Å². The van der Waals surface area contributed by atoms with Crippen LogP contribution in [0.2, 0.25) is 0 Å². The third kappa shape index (κ3) is 4.07. The van der Waals surface area contributed by atoms with Crippen LogP contribution in [0.5, 0.6) is 0 Å². The van der Waals surface area contributed by atoms with E-state index in [0.29, 0.717) is 17.0 Å². The average Bonchev–Trinajstić information content (AvgIpc) is 3.10. The van der Waals surface area contributed by atoms with E-state index in [0.717, 1.165) is 18.4 Å². The largest absolute Gasteiger partial charge is 0.393 e. The second-order valence-electron chi connectivity index (χ2n) is 5.67. The SMILES string of the molecule is Cc1noc(C)c1-c1ccc(N)c([N+](=O)[O-])c1.OC1CCCC1. The van der Waals surface area contributed by atoms with Crippen LogP contribution in [0.15, 0.2) is 22.7 Å². The van der Waals surface area contributed by atoms with Gasteiger partial charge in [-0.05, 0) is 38.3 Å². The number of nitro groups is 1. The van der Waals surface area contributed by atoms with Crippen molar-refractivity contribution in [2.24, 2.45) is 0 Å². The first-order valence-electron chi connectivity index (χ1n) is 7.55. The van der Waals surface area contributed by atoms with Crippen molar-refractivity contribution in [3.05, 3.63) is 39.8 Å². The molecule has 1 aromatic carbocycles. The lowest BCUT2D eigenvalue weighted by Crippen LogP contribution is -1.96. The Balaban J connectivity index is 0.000000268. The Bertz CT molecular complexity index is 671. The molecule has 0 saturated heterocycles. The van der Waals surface area contributed by atoms with Gasteiger partial charge in [-0.3, -0.25) is 10.1 Å². The van der Waals surface area contributed by atoms with E-state index in [-0.39, 0.29) is 17.5 Å². The number of benzene rings is 1. The minimum Gasteiger partial charge on any atom is -0.393 e. The van der Waals surface area contributed by atoms with Crippen LogP contribution >= 0.6 is 0 Å². The van der Waals surface area contributed by atoms with E-state index in [9.17, 15) is 10.1 Å². The number of rotatable bonds is 2. The quantitative estimate of drug-likeness (QED) is 0.498. The third-order valence-electron chi connectivity index (χ3n) is 3.87. The number of hydrogen-bond donors (Lipinski definition) is 2. The maximum absolute atomic E-state index is 10.8. The number of aryl methyl sites for hydroxylation is 2. The lowest BCUT2D eigenvalue weighted by atomic mass is 10.0. The summed E-state index contributed by atoms with van der Waals surface area (Å²) in [4.78, 5) is 10.3. The van der Waals surface area contributed by atoms with Gasteiger partial charge in [0.2, 0.25) is 0 Å². The van der Waals surface area contributed by atoms with Crippen LogP contribution in [0.4, 0.5) is 11.4 Å². The number of anilines is 1. The molecule has 0 radical (unpaired) electrons. The van der Waals surface area contributed by atoms with Crippen LogP contribution in [0.1, 0.15) is 37.1 Å². The number of nitrogens with zero attached hydrogens (tertiary/aromatic N) is 2. The monoisotopic (exact) mass is 319 g/mol. The highest BCUT2D eigenvalue weighted by molar-refractivity contribution is 5.74. The maximum Gasteiger partial charge on any atom is 0.292 e. The van der Waals surface area contributed by atoms with Gasteiger partial charge in [-0.15, -0.1) is 0 Å². The van der Waals surface area contributed by atoms with Crippen molar-refractivity contribution in [2.45, 2.75) is 45.6 Å². The lowest BCUT2D eigenvalue weighted by Gasteiger charge is -2.02. The molecule has 7 heteroatoms. The highest BCUT2D eigenvalue weighted by Gasteiger charge is 2.17. The normalized spacial score (nSPS) is 14.4. The Kier molecular flexibility index (Phi) is 5.33. The van der Waals surface area contributed by atoms with Crippen LogP contribution < -0.4 is 5.73 Å². The van der Waals surface area contributed by atoms with E-state index in [1.54, 1.807) is 19.9 Å². The molecule has 2 aromatic rings. The fraction of sp³-hybridized carbons (Fsp3) is 0.438. The zero-order valence-electron chi connectivity index (χ0n) is 13.3. The number of aromatic nitrogens is 1. The Morgan fingerprint density at radius 3 is 2.43 bits per heavy atom. The first-order chi connectivity index (χ1) is 10.9. The predicted octanol–water partition coefficient (Wildman–Crippen LogP) is 3.37. The molecule has 3 rings (SSSR count). The molecule has 0 aliphatic heterocycles. The molecule has 1 aliphatic rings. The molecule has 1 heterocycles. The van der Waals surface area contributed by atoms with Gasteiger partial charge in [0.05, 0.1) is 16.7 Å². The second kappa shape index (κ2) is 7.23. The van der Waals surface area contributed by atoms with Gasteiger partial charge >= 0.3 is 0 Å². The van der Waals surface area contributed by atoms with Crippen molar-refractivity contribution in [1.82, 2.24) is 5.16 Å². The molecule has 0 spiro atoms. The van der Waals surface area contributed by atoms with Gasteiger partial charge in [-0.25, -0.2) is 0 Å². The molecular formula is C16H21N3O4. The number of nitrogens with two attached hydrogens (primary N) is 1. The number of nitro benzene ring substituents is 1. The summed E-state index contributed by atoms with van der Waals surface area (Å²) in [5, 5.41) is 23.3. The van der Waals surface area contributed by atoms with Gasteiger partial charge in [-0.2, -0.15) is 0 Å². The highest BCUT2D eigenvalue weighted by Crippen LogP contribution is 2.32. The molecule has 0 bridgehead atoms. The Hall–Kier alpha value is -2.41. The average molecular weight is 319 g/mol. The molecular weight excluding hydrogens is 298 g/mol. The molecule has 0 amide bonds. The van der Waals surface area contributed by atoms with Gasteiger partial charge < -0.3 is 15.4 Å². The molecule has 1 saturated carbocycles. The number of aliphatic hydroxyl groups excluding tert-OH is 1. The molecule has 0 atom stereocenters. The minimum absolute atomic E-state index is 0.0463. The predicted molar refractivity (Wildman–Crippen MR) is 87.0 cm³/mol. The number of hydrogen-bond acceptors (Lipinski definition) is 6.